The predicted octanol–water partition coefficient (Wildman–Crippen LogP) is 1.15. The van der Waals surface area contributed by atoms with Gasteiger partial charge in [0.2, 0.25) is 12.2 Å². The van der Waals surface area contributed by atoms with Crippen LogP contribution in [0, 0.1) is 5.82 Å². The van der Waals surface area contributed by atoms with Crippen molar-refractivity contribution in [3.8, 4) is 22.6 Å². The zero-order chi connectivity index (χ0) is 20.4. The van der Waals surface area contributed by atoms with Crippen LogP contribution in [0.1, 0.15) is 0 Å². The number of cyclic esters (lactones) is 1. The molecular weight excluding hydrogens is 381 g/mol. The van der Waals surface area contributed by atoms with Crippen molar-refractivity contribution in [2.45, 2.75) is 6.10 Å². The molecule has 148 valence electrons. The molecule has 0 bridgehead atoms. The summed E-state index contributed by atoms with van der Waals surface area (Å²) in [6, 6.07) is 7.87. The largest absolute Gasteiger partial charge is 0.442 e. The average Bonchev–Trinajstić information content (AvgIpc) is 3.32. The standard InChI is InChI=1S/C18H16FN7O3/c1-25-23-17(22-24-25)16-5-2-11(7-21-16)14-4-3-12(6-15(14)19)26-9-13(8-20-10-27)29-18(26)28/h2-7,10,13H,8-9H2,1H3,(H,20,27). The first-order chi connectivity index (χ1) is 14.0. The van der Waals surface area contributed by atoms with E-state index in [4.69, 9.17) is 4.74 Å². The van der Waals surface area contributed by atoms with E-state index in [1.807, 2.05) is 0 Å². The summed E-state index contributed by atoms with van der Waals surface area (Å²) in [5.74, 6) is -0.127. The number of amides is 2. The molecule has 1 unspecified atom stereocenters. The van der Waals surface area contributed by atoms with Crippen molar-refractivity contribution >= 4 is 18.2 Å². The molecule has 0 spiro atoms. The molecule has 1 saturated heterocycles. The highest BCUT2D eigenvalue weighted by Crippen LogP contribution is 2.29. The first-order valence-corrected chi connectivity index (χ1v) is 8.70. The first-order valence-electron chi connectivity index (χ1n) is 8.70. The van der Waals surface area contributed by atoms with Gasteiger partial charge in [0.25, 0.3) is 0 Å². The van der Waals surface area contributed by atoms with Crippen LogP contribution in [0.3, 0.4) is 0 Å². The molecule has 29 heavy (non-hydrogen) atoms. The van der Waals surface area contributed by atoms with E-state index in [-0.39, 0.29) is 13.1 Å². The Kier molecular flexibility index (Phi) is 4.85. The lowest BCUT2D eigenvalue weighted by Crippen LogP contribution is -2.30. The predicted molar refractivity (Wildman–Crippen MR) is 99.1 cm³/mol. The summed E-state index contributed by atoms with van der Waals surface area (Å²) in [5.41, 5.74) is 1.80. The number of rotatable bonds is 6. The number of carbonyl (C=O) groups excluding carboxylic acids is 2. The maximum atomic E-state index is 14.7. The van der Waals surface area contributed by atoms with Crippen molar-refractivity contribution in [2.75, 3.05) is 18.0 Å². The van der Waals surface area contributed by atoms with Crippen LogP contribution in [0.5, 0.6) is 0 Å². The number of pyridine rings is 1. The van der Waals surface area contributed by atoms with Crippen LogP contribution in [-0.4, -0.2) is 56.9 Å². The maximum Gasteiger partial charge on any atom is 0.414 e. The van der Waals surface area contributed by atoms with Gasteiger partial charge in [-0.15, -0.1) is 10.2 Å². The number of ether oxygens (including phenoxy) is 1. The Morgan fingerprint density at radius 3 is 2.86 bits per heavy atom. The van der Waals surface area contributed by atoms with Crippen molar-refractivity contribution in [1.82, 2.24) is 30.5 Å². The molecule has 3 heterocycles. The lowest BCUT2D eigenvalue weighted by Gasteiger charge is -2.14. The Morgan fingerprint density at radius 1 is 1.34 bits per heavy atom. The smallest absolute Gasteiger partial charge is 0.414 e. The van der Waals surface area contributed by atoms with E-state index >= 15 is 0 Å². The van der Waals surface area contributed by atoms with Gasteiger partial charge in [-0.25, -0.2) is 9.18 Å². The van der Waals surface area contributed by atoms with Crippen LogP contribution in [0.4, 0.5) is 14.9 Å². The molecule has 1 aliphatic heterocycles. The number of anilines is 1. The van der Waals surface area contributed by atoms with Crippen LogP contribution < -0.4 is 10.2 Å². The molecule has 0 aliphatic carbocycles. The number of hydrogen-bond donors (Lipinski definition) is 1. The summed E-state index contributed by atoms with van der Waals surface area (Å²) in [6.07, 6.45) is 0.985. The van der Waals surface area contributed by atoms with E-state index in [0.29, 0.717) is 34.7 Å². The lowest BCUT2D eigenvalue weighted by atomic mass is 10.1. The van der Waals surface area contributed by atoms with Gasteiger partial charge in [0, 0.05) is 17.3 Å². The highest BCUT2D eigenvalue weighted by Gasteiger charge is 2.32. The number of hydrogen-bond acceptors (Lipinski definition) is 7. The molecular formula is C18H16FN7O3. The number of nitrogens with one attached hydrogen (secondary N) is 1. The summed E-state index contributed by atoms with van der Waals surface area (Å²) >= 11 is 0. The van der Waals surface area contributed by atoms with E-state index in [0.717, 1.165) is 0 Å². The molecule has 2 amide bonds. The zero-order valence-corrected chi connectivity index (χ0v) is 15.3. The molecule has 1 atom stereocenters. The maximum absolute atomic E-state index is 14.7. The third kappa shape index (κ3) is 3.74. The van der Waals surface area contributed by atoms with Crippen molar-refractivity contribution in [2.24, 2.45) is 7.05 Å². The molecule has 1 N–H and O–H groups in total. The topological polar surface area (TPSA) is 115 Å². The highest BCUT2D eigenvalue weighted by molar-refractivity contribution is 5.90. The minimum Gasteiger partial charge on any atom is -0.442 e. The van der Waals surface area contributed by atoms with Gasteiger partial charge in [-0.3, -0.25) is 14.7 Å². The Hall–Kier alpha value is -3.89. The molecule has 0 radical (unpaired) electrons. The fraction of sp³-hybridized carbons (Fsp3) is 0.222. The SMILES string of the molecule is Cn1nnc(-c2ccc(-c3ccc(N4CC(CNC=O)OC4=O)cc3F)cn2)n1. The van der Waals surface area contributed by atoms with E-state index in [1.54, 1.807) is 31.3 Å². The summed E-state index contributed by atoms with van der Waals surface area (Å²) < 4.78 is 19.9. The quantitative estimate of drug-likeness (QED) is 0.621. The van der Waals surface area contributed by atoms with Crippen molar-refractivity contribution in [3.05, 3.63) is 42.3 Å². The molecule has 1 fully saturated rings. The summed E-state index contributed by atoms with van der Waals surface area (Å²) in [4.78, 5) is 29.3. The molecule has 4 rings (SSSR count). The second-order valence-electron chi connectivity index (χ2n) is 6.34. The molecule has 11 heteroatoms. The van der Waals surface area contributed by atoms with Gasteiger partial charge in [0.1, 0.15) is 17.6 Å². The van der Waals surface area contributed by atoms with Crippen LogP contribution >= 0.6 is 0 Å². The minimum absolute atomic E-state index is 0.199. The van der Waals surface area contributed by atoms with Gasteiger partial charge >= 0.3 is 6.09 Å². The number of halogens is 1. The van der Waals surface area contributed by atoms with Gasteiger partial charge in [-0.1, -0.05) is 6.07 Å². The Balaban J connectivity index is 1.53. The number of carbonyl (C=O) groups is 2. The molecule has 10 nitrogen and oxygen atoms in total. The van der Waals surface area contributed by atoms with Crippen LogP contribution in [0.2, 0.25) is 0 Å². The molecule has 3 aromatic rings. The first kappa shape index (κ1) is 18.5. The Labute approximate surface area is 164 Å². The van der Waals surface area contributed by atoms with Crippen molar-refractivity contribution < 1.29 is 18.7 Å². The third-order valence-corrected chi connectivity index (χ3v) is 4.38. The number of benzene rings is 1. The van der Waals surface area contributed by atoms with Crippen LogP contribution in [-0.2, 0) is 16.6 Å². The normalized spacial score (nSPS) is 16.0. The Bertz CT molecular complexity index is 1050. The fourth-order valence-electron chi connectivity index (χ4n) is 3.00. The van der Waals surface area contributed by atoms with Gasteiger partial charge in [-0.05, 0) is 29.5 Å². The third-order valence-electron chi connectivity index (χ3n) is 4.38. The molecule has 1 aliphatic rings. The van der Waals surface area contributed by atoms with Crippen molar-refractivity contribution in [3.63, 3.8) is 0 Å². The zero-order valence-electron chi connectivity index (χ0n) is 15.3. The van der Waals surface area contributed by atoms with Crippen LogP contribution in [0.25, 0.3) is 22.6 Å². The van der Waals surface area contributed by atoms with Crippen molar-refractivity contribution in [1.29, 1.82) is 0 Å². The second kappa shape index (κ2) is 7.62. The highest BCUT2D eigenvalue weighted by atomic mass is 19.1. The molecule has 2 aromatic heterocycles. The summed E-state index contributed by atoms with van der Waals surface area (Å²) in [5, 5.41) is 14.2. The Morgan fingerprint density at radius 2 is 2.21 bits per heavy atom. The summed E-state index contributed by atoms with van der Waals surface area (Å²) in [7, 11) is 1.65. The van der Waals surface area contributed by atoms with Gasteiger partial charge in [-0.2, -0.15) is 4.80 Å². The van der Waals surface area contributed by atoms with Gasteiger partial charge in [0.05, 0.1) is 25.8 Å². The van der Waals surface area contributed by atoms with E-state index in [9.17, 15) is 14.0 Å². The molecule has 0 saturated carbocycles. The van der Waals surface area contributed by atoms with E-state index < -0.39 is 18.0 Å². The monoisotopic (exact) mass is 397 g/mol. The summed E-state index contributed by atoms with van der Waals surface area (Å²) in [6.45, 7) is 0.421. The number of nitrogens with zero attached hydrogens (tertiary/aromatic N) is 6. The van der Waals surface area contributed by atoms with Crippen LogP contribution in [0.15, 0.2) is 36.5 Å². The van der Waals surface area contributed by atoms with Gasteiger partial charge in [0.15, 0.2) is 0 Å². The minimum atomic E-state index is -0.586. The van der Waals surface area contributed by atoms with E-state index in [2.05, 4.69) is 25.7 Å². The second-order valence-corrected chi connectivity index (χ2v) is 6.34. The number of aromatic nitrogens is 5. The van der Waals surface area contributed by atoms with Gasteiger partial charge < -0.3 is 10.1 Å². The average molecular weight is 397 g/mol. The molecule has 1 aromatic carbocycles. The van der Waals surface area contributed by atoms with E-state index in [1.165, 1.54) is 22.0 Å². The lowest BCUT2D eigenvalue weighted by molar-refractivity contribution is -0.109. The number of aryl methyl sites for hydroxylation is 1. The fourth-order valence-corrected chi connectivity index (χ4v) is 3.00. The number of tetrazole rings is 1.